The summed E-state index contributed by atoms with van der Waals surface area (Å²) in [6.07, 6.45) is 0. The van der Waals surface area contributed by atoms with Crippen LogP contribution in [0.3, 0.4) is 0 Å². The summed E-state index contributed by atoms with van der Waals surface area (Å²) >= 11 is 0.646. The van der Waals surface area contributed by atoms with E-state index >= 15 is 0 Å². The fourth-order valence-corrected chi connectivity index (χ4v) is 1.21. The summed E-state index contributed by atoms with van der Waals surface area (Å²) < 4.78 is 0.565. The molecular formula is C8H9NO5S. The SMILES string of the molecule is CC(=O)CSC(=O)On1c(O)ccc1O. The normalized spacial score (nSPS) is 9.93. The second-order valence-corrected chi connectivity index (χ2v) is 3.59. The number of hydrogen-bond acceptors (Lipinski definition) is 6. The van der Waals surface area contributed by atoms with Gasteiger partial charge in [0.25, 0.3) is 0 Å². The number of aromatic nitrogens is 1. The average molecular weight is 231 g/mol. The number of carbonyl (C=O) groups is 2. The third-order valence-corrected chi connectivity index (χ3v) is 2.22. The van der Waals surface area contributed by atoms with E-state index in [1.807, 2.05) is 0 Å². The molecule has 1 aromatic rings. The van der Waals surface area contributed by atoms with Gasteiger partial charge in [-0.25, -0.2) is 4.79 Å². The van der Waals surface area contributed by atoms with E-state index in [4.69, 9.17) is 10.2 Å². The Hall–Kier alpha value is -1.63. The summed E-state index contributed by atoms with van der Waals surface area (Å²) in [6, 6.07) is 2.33. The van der Waals surface area contributed by atoms with Gasteiger partial charge in [-0.15, -0.1) is 4.73 Å². The Kier molecular flexibility index (Phi) is 3.62. The van der Waals surface area contributed by atoms with Crippen molar-refractivity contribution >= 4 is 22.8 Å². The van der Waals surface area contributed by atoms with Gasteiger partial charge in [0.15, 0.2) is 0 Å². The van der Waals surface area contributed by atoms with Crippen molar-refractivity contribution in [2.75, 3.05) is 5.75 Å². The van der Waals surface area contributed by atoms with Crippen molar-refractivity contribution in [1.82, 2.24) is 4.73 Å². The maximum absolute atomic E-state index is 11.1. The van der Waals surface area contributed by atoms with Gasteiger partial charge >= 0.3 is 5.30 Å². The van der Waals surface area contributed by atoms with E-state index in [1.165, 1.54) is 6.92 Å². The summed E-state index contributed by atoms with van der Waals surface area (Å²) in [5, 5.41) is 17.4. The van der Waals surface area contributed by atoms with Crippen molar-refractivity contribution in [3.63, 3.8) is 0 Å². The van der Waals surface area contributed by atoms with Crippen LogP contribution in [0.2, 0.25) is 0 Å². The number of Topliss-reactive ketones (excluding diaryl/α,β-unsaturated/α-hetero) is 1. The quantitative estimate of drug-likeness (QED) is 0.798. The first kappa shape index (κ1) is 11.4. The maximum atomic E-state index is 11.1. The smallest absolute Gasteiger partial charge is 0.392 e. The molecule has 1 rings (SSSR count). The molecule has 15 heavy (non-hydrogen) atoms. The number of rotatable bonds is 3. The molecule has 82 valence electrons. The van der Waals surface area contributed by atoms with E-state index in [-0.39, 0.29) is 11.5 Å². The Morgan fingerprint density at radius 1 is 1.40 bits per heavy atom. The average Bonchev–Trinajstić information content (AvgIpc) is 2.46. The molecule has 0 amide bonds. The summed E-state index contributed by atoms with van der Waals surface area (Å²) in [5.41, 5.74) is 0. The van der Waals surface area contributed by atoms with Crippen molar-refractivity contribution in [2.24, 2.45) is 0 Å². The molecule has 0 saturated heterocycles. The largest absolute Gasteiger partial charge is 0.492 e. The Balaban J connectivity index is 2.55. The van der Waals surface area contributed by atoms with Crippen molar-refractivity contribution in [1.29, 1.82) is 0 Å². The van der Waals surface area contributed by atoms with E-state index in [0.29, 0.717) is 16.5 Å². The van der Waals surface area contributed by atoms with E-state index in [2.05, 4.69) is 4.84 Å². The predicted molar refractivity (Wildman–Crippen MR) is 52.9 cm³/mol. The van der Waals surface area contributed by atoms with Gasteiger partial charge in [0.05, 0.1) is 5.75 Å². The highest BCUT2D eigenvalue weighted by Crippen LogP contribution is 2.19. The number of ketones is 1. The van der Waals surface area contributed by atoms with Crippen LogP contribution in [0.1, 0.15) is 6.92 Å². The summed E-state index contributed by atoms with van der Waals surface area (Å²) in [6.45, 7) is 1.34. The molecule has 0 aromatic carbocycles. The molecule has 0 spiro atoms. The minimum atomic E-state index is -0.785. The van der Waals surface area contributed by atoms with Crippen LogP contribution in [0.25, 0.3) is 0 Å². The highest BCUT2D eigenvalue weighted by atomic mass is 32.2. The van der Waals surface area contributed by atoms with Crippen molar-refractivity contribution in [3.05, 3.63) is 12.1 Å². The maximum Gasteiger partial charge on any atom is 0.392 e. The molecule has 0 bridgehead atoms. The van der Waals surface area contributed by atoms with Crippen LogP contribution in [0, 0.1) is 0 Å². The molecule has 0 aliphatic rings. The molecule has 0 aliphatic carbocycles. The van der Waals surface area contributed by atoms with Crippen molar-refractivity contribution in [2.45, 2.75) is 6.92 Å². The van der Waals surface area contributed by atoms with Crippen molar-refractivity contribution in [3.8, 4) is 11.8 Å². The Morgan fingerprint density at radius 3 is 2.40 bits per heavy atom. The third-order valence-electron chi connectivity index (χ3n) is 1.36. The van der Waals surface area contributed by atoms with Gasteiger partial charge in [0.1, 0.15) is 5.78 Å². The van der Waals surface area contributed by atoms with Gasteiger partial charge in [-0.2, -0.15) is 0 Å². The van der Waals surface area contributed by atoms with Crippen LogP contribution >= 0.6 is 11.8 Å². The summed E-state index contributed by atoms with van der Waals surface area (Å²) in [5.74, 6) is -0.979. The third kappa shape index (κ3) is 3.21. The molecule has 0 unspecified atom stereocenters. The lowest BCUT2D eigenvalue weighted by atomic mass is 10.5. The van der Waals surface area contributed by atoms with Crippen LogP contribution < -0.4 is 4.84 Å². The second-order valence-electron chi connectivity index (χ2n) is 2.68. The number of hydrogen-bond donors (Lipinski definition) is 2. The van der Waals surface area contributed by atoms with Gasteiger partial charge in [-0.05, 0) is 18.7 Å². The van der Waals surface area contributed by atoms with Crippen LogP contribution in [0.5, 0.6) is 11.8 Å². The highest BCUT2D eigenvalue weighted by molar-refractivity contribution is 8.13. The first-order valence-corrected chi connectivity index (χ1v) is 4.93. The zero-order valence-electron chi connectivity index (χ0n) is 7.84. The number of carbonyl (C=O) groups excluding carboxylic acids is 2. The molecule has 0 atom stereocenters. The fraction of sp³-hybridized carbons (Fsp3) is 0.250. The van der Waals surface area contributed by atoms with Gasteiger partial charge in [0.2, 0.25) is 11.8 Å². The lowest BCUT2D eigenvalue weighted by molar-refractivity contribution is -0.114. The molecule has 6 nitrogen and oxygen atoms in total. The monoisotopic (exact) mass is 231 g/mol. The molecule has 0 fully saturated rings. The molecule has 0 saturated carbocycles. The number of thioether (sulfide) groups is 1. The lowest BCUT2D eigenvalue weighted by Crippen LogP contribution is -2.15. The molecular weight excluding hydrogens is 222 g/mol. The zero-order chi connectivity index (χ0) is 11.4. The second kappa shape index (κ2) is 4.74. The topological polar surface area (TPSA) is 88.8 Å². The van der Waals surface area contributed by atoms with Crippen LogP contribution in [-0.4, -0.2) is 31.8 Å². The molecule has 0 aliphatic heterocycles. The van der Waals surface area contributed by atoms with Crippen LogP contribution in [-0.2, 0) is 4.79 Å². The molecule has 1 heterocycles. The van der Waals surface area contributed by atoms with Gasteiger partial charge in [-0.1, -0.05) is 0 Å². The van der Waals surface area contributed by atoms with Crippen molar-refractivity contribution < 1.29 is 24.6 Å². The minimum Gasteiger partial charge on any atom is -0.492 e. The van der Waals surface area contributed by atoms with Gasteiger partial charge < -0.3 is 15.1 Å². The first-order valence-electron chi connectivity index (χ1n) is 3.95. The molecule has 7 heteroatoms. The molecule has 2 N–H and O–H groups in total. The molecule has 0 radical (unpaired) electrons. The van der Waals surface area contributed by atoms with E-state index in [1.54, 1.807) is 0 Å². The van der Waals surface area contributed by atoms with E-state index < -0.39 is 17.1 Å². The Labute approximate surface area is 89.4 Å². The Bertz CT molecular complexity index is 367. The predicted octanol–water partition coefficient (Wildman–Crippen LogP) is 0.770. The zero-order valence-corrected chi connectivity index (χ0v) is 8.65. The highest BCUT2D eigenvalue weighted by Gasteiger charge is 2.12. The van der Waals surface area contributed by atoms with Gasteiger partial charge in [0, 0.05) is 12.1 Å². The number of aromatic hydroxyl groups is 2. The summed E-state index contributed by atoms with van der Waals surface area (Å²) in [4.78, 5) is 26.2. The number of nitrogens with zero attached hydrogens (tertiary/aromatic N) is 1. The minimum absolute atomic E-state index is 0.0123. The molecule has 1 aromatic heterocycles. The van der Waals surface area contributed by atoms with E-state index in [0.717, 1.165) is 12.1 Å². The standard InChI is InChI=1S/C8H9NO5S/c1-5(10)4-15-8(13)14-9-6(11)2-3-7(9)12/h2-3,11-12H,4H2,1H3. The van der Waals surface area contributed by atoms with Crippen LogP contribution in [0.4, 0.5) is 4.79 Å². The van der Waals surface area contributed by atoms with Gasteiger partial charge in [-0.3, -0.25) is 4.79 Å². The van der Waals surface area contributed by atoms with Crippen LogP contribution in [0.15, 0.2) is 12.1 Å². The van der Waals surface area contributed by atoms with E-state index in [9.17, 15) is 9.59 Å². The first-order chi connectivity index (χ1) is 7.00. The Morgan fingerprint density at radius 2 is 1.93 bits per heavy atom. The summed E-state index contributed by atoms with van der Waals surface area (Å²) in [7, 11) is 0. The fourth-order valence-electron chi connectivity index (χ4n) is 0.757. The lowest BCUT2D eigenvalue weighted by Gasteiger charge is -2.05.